The SMILES string of the molecule is CC1CCC(OCC2(C#N)CC2)CC1. The number of rotatable bonds is 3. The van der Waals surface area contributed by atoms with Crippen LogP contribution in [0.5, 0.6) is 0 Å². The minimum atomic E-state index is -0.0803. The molecule has 0 aromatic heterocycles. The van der Waals surface area contributed by atoms with Gasteiger partial charge in [-0.15, -0.1) is 0 Å². The first kappa shape index (κ1) is 9.98. The Morgan fingerprint density at radius 2 is 1.93 bits per heavy atom. The number of hydrogen-bond donors (Lipinski definition) is 0. The summed E-state index contributed by atoms with van der Waals surface area (Å²) in [6.07, 6.45) is 7.52. The first-order chi connectivity index (χ1) is 6.74. The van der Waals surface area contributed by atoms with Crippen LogP contribution in [0.1, 0.15) is 45.4 Å². The summed E-state index contributed by atoms with van der Waals surface area (Å²) in [5.41, 5.74) is -0.0803. The van der Waals surface area contributed by atoms with E-state index in [4.69, 9.17) is 10.00 Å². The average molecular weight is 193 g/mol. The van der Waals surface area contributed by atoms with Crippen LogP contribution in [-0.4, -0.2) is 12.7 Å². The van der Waals surface area contributed by atoms with Crippen molar-refractivity contribution in [3.05, 3.63) is 0 Å². The molecule has 2 nitrogen and oxygen atoms in total. The summed E-state index contributed by atoms with van der Waals surface area (Å²) >= 11 is 0. The van der Waals surface area contributed by atoms with Crippen molar-refractivity contribution in [1.82, 2.24) is 0 Å². The summed E-state index contributed by atoms with van der Waals surface area (Å²) in [6.45, 7) is 3.00. The van der Waals surface area contributed by atoms with E-state index in [-0.39, 0.29) is 5.41 Å². The normalized spacial score (nSPS) is 34.9. The summed E-state index contributed by atoms with van der Waals surface area (Å²) < 4.78 is 5.83. The van der Waals surface area contributed by atoms with Crippen LogP contribution in [0.25, 0.3) is 0 Å². The molecule has 0 aromatic rings. The van der Waals surface area contributed by atoms with Gasteiger partial charge in [0.25, 0.3) is 0 Å². The van der Waals surface area contributed by atoms with Gasteiger partial charge in [-0.1, -0.05) is 6.92 Å². The topological polar surface area (TPSA) is 33.0 Å². The lowest BCUT2D eigenvalue weighted by molar-refractivity contribution is 0.00439. The fraction of sp³-hybridized carbons (Fsp3) is 0.917. The third-order valence-corrected chi connectivity index (χ3v) is 3.65. The molecule has 0 amide bonds. The van der Waals surface area contributed by atoms with Gasteiger partial charge in [-0.3, -0.25) is 0 Å². The van der Waals surface area contributed by atoms with Gasteiger partial charge in [0.05, 0.1) is 24.2 Å². The van der Waals surface area contributed by atoms with E-state index in [1.54, 1.807) is 0 Å². The fourth-order valence-electron chi connectivity index (χ4n) is 2.11. The van der Waals surface area contributed by atoms with Gasteiger partial charge >= 0.3 is 0 Å². The van der Waals surface area contributed by atoms with Crippen molar-refractivity contribution in [2.24, 2.45) is 11.3 Å². The predicted molar refractivity (Wildman–Crippen MR) is 54.7 cm³/mol. The zero-order chi connectivity index (χ0) is 10.0. The molecular formula is C12H19NO. The molecule has 14 heavy (non-hydrogen) atoms. The second-order valence-corrected chi connectivity index (χ2v) is 5.09. The van der Waals surface area contributed by atoms with Crippen LogP contribution < -0.4 is 0 Å². The van der Waals surface area contributed by atoms with Gasteiger partial charge in [0.15, 0.2) is 0 Å². The molecule has 0 N–H and O–H groups in total. The van der Waals surface area contributed by atoms with Gasteiger partial charge in [-0.25, -0.2) is 0 Å². The van der Waals surface area contributed by atoms with Gasteiger partial charge in [-0.05, 0) is 44.4 Å². The van der Waals surface area contributed by atoms with Crippen LogP contribution in [-0.2, 0) is 4.74 Å². The maximum Gasteiger partial charge on any atom is 0.0808 e. The Labute approximate surface area is 86.2 Å². The smallest absolute Gasteiger partial charge is 0.0808 e. The molecule has 2 saturated carbocycles. The highest BCUT2D eigenvalue weighted by Crippen LogP contribution is 2.45. The summed E-state index contributed by atoms with van der Waals surface area (Å²) in [7, 11) is 0. The van der Waals surface area contributed by atoms with Crippen LogP contribution in [0, 0.1) is 22.7 Å². The Morgan fingerprint density at radius 3 is 2.43 bits per heavy atom. The highest BCUT2D eigenvalue weighted by Gasteiger charge is 2.44. The summed E-state index contributed by atoms with van der Waals surface area (Å²) in [6, 6.07) is 2.38. The molecule has 0 spiro atoms. The van der Waals surface area contributed by atoms with Gasteiger partial charge in [0.2, 0.25) is 0 Å². The summed E-state index contributed by atoms with van der Waals surface area (Å²) in [5, 5.41) is 8.90. The van der Waals surface area contributed by atoms with Crippen molar-refractivity contribution >= 4 is 0 Å². The maximum atomic E-state index is 8.90. The largest absolute Gasteiger partial charge is 0.377 e. The summed E-state index contributed by atoms with van der Waals surface area (Å²) in [4.78, 5) is 0. The van der Waals surface area contributed by atoms with Gasteiger partial charge in [0.1, 0.15) is 0 Å². The van der Waals surface area contributed by atoms with Crippen LogP contribution in [0.3, 0.4) is 0 Å². The number of ether oxygens (including phenoxy) is 1. The van der Waals surface area contributed by atoms with E-state index >= 15 is 0 Å². The Kier molecular flexibility index (Phi) is 2.78. The molecule has 2 aliphatic rings. The van der Waals surface area contributed by atoms with Crippen molar-refractivity contribution < 1.29 is 4.74 Å². The molecule has 2 heteroatoms. The first-order valence-corrected chi connectivity index (χ1v) is 5.77. The zero-order valence-corrected chi connectivity index (χ0v) is 8.96. The molecule has 0 aliphatic heterocycles. The Bertz CT molecular complexity index is 231. The molecule has 0 saturated heterocycles. The third-order valence-electron chi connectivity index (χ3n) is 3.65. The maximum absolute atomic E-state index is 8.90. The standard InChI is InChI=1S/C12H19NO/c1-10-2-4-11(5-3-10)14-9-12(8-13)6-7-12/h10-11H,2-7,9H2,1H3. The minimum Gasteiger partial charge on any atom is -0.377 e. The van der Waals surface area contributed by atoms with E-state index in [0.717, 1.165) is 18.8 Å². The number of hydrogen-bond acceptors (Lipinski definition) is 2. The van der Waals surface area contributed by atoms with E-state index in [9.17, 15) is 0 Å². The summed E-state index contributed by atoms with van der Waals surface area (Å²) in [5.74, 6) is 0.876. The number of nitriles is 1. The third kappa shape index (κ3) is 2.27. The van der Waals surface area contributed by atoms with Crippen LogP contribution in [0.4, 0.5) is 0 Å². The molecule has 0 aromatic carbocycles. The lowest BCUT2D eigenvalue weighted by atomic mass is 9.89. The predicted octanol–water partition coefficient (Wildman–Crippen LogP) is 2.89. The van der Waals surface area contributed by atoms with Crippen molar-refractivity contribution in [2.45, 2.75) is 51.6 Å². The quantitative estimate of drug-likeness (QED) is 0.690. The molecule has 2 fully saturated rings. The van der Waals surface area contributed by atoms with E-state index in [2.05, 4.69) is 13.0 Å². The van der Waals surface area contributed by atoms with E-state index in [1.807, 2.05) is 0 Å². The van der Waals surface area contributed by atoms with Crippen molar-refractivity contribution in [3.8, 4) is 6.07 Å². The van der Waals surface area contributed by atoms with Crippen LogP contribution in [0.2, 0.25) is 0 Å². The van der Waals surface area contributed by atoms with Crippen LogP contribution in [0.15, 0.2) is 0 Å². The fourth-order valence-corrected chi connectivity index (χ4v) is 2.11. The molecule has 0 bridgehead atoms. The van der Waals surface area contributed by atoms with Crippen LogP contribution >= 0.6 is 0 Å². The second kappa shape index (κ2) is 3.90. The molecule has 78 valence electrons. The van der Waals surface area contributed by atoms with E-state index < -0.39 is 0 Å². The molecule has 0 radical (unpaired) electrons. The average Bonchev–Trinajstić information content (AvgIpc) is 2.98. The number of nitrogens with zero attached hydrogens (tertiary/aromatic N) is 1. The van der Waals surface area contributed by atoms with Gasteiger partial charge < -0.3 is 4.74 Å². The van der Waals surface area contributed by atoms with Crippen molar-refractivity contribution in [1.29, 1.82) is 5.26 Å². The lowest BCUT2D eigenvalue weighted by Crippen LogP contribution is -2.23. The van der Waals surface area contributed by atoms with Gasteiger partial charge in [0, 0.05) is 0 Å². The Hall–Kier alpha value is -0.550. The lowest BCUT2D eigenvalue weighted by Gasteiger charge is -2.26. The second-order valence-electron chi connectivity index (χ2n) is 5.09. The minimum absolute atomic E-state index is 0.0803. The van der Waals surface area contributed by atoms with E-state index in [0.29, 0.717) is 12.7 Å². The van der Waals surface area contributed by atoms with Crippen molar-refractivity contribution in [2.75, 3.05) is 6.61 Å². The zero-order valence-electron chi connectivity index (χ0n) is 8.96. The molecule has 0 unspecified atom stereocenters. The highest BCUT2D eigenvalue weighted by molar-refractivity contribution is 5.09. The molecule has 0 atom stereocenters. The van der Waals surface area contributed by atoms with Gasteiger partial charge in [-0.2, -0.15) is 5.26 Å². The molecular weight excluding hydrogens is 174 g/mol. The monoisotopic (exact) mass is 193 g/mol. The molecule has 2 rings (SSSR count). The molecule has 2 aliphatic carbocycles. The highest BCUT2D eigenvalue weighted by atomic mass is 16.5. The first-order valence-electron chi connectivity index (χ1n) is 5.77. The molecule has 0 heterocycles. The Morgan fingerprint density at radius 1 is 1.29 bits per heavy atom. The van der Waals surface area contributed by atoms with Crippen molar-refractivity contribution in [3.63, 3.8) is 0 Å². The van der Waals surface area contributed by atoms with E-state index in [1.165, 1.54) is 25.7 Å². The Balaban J connectivity index is 1.69.